The van der Waals surface area contributed by atoms with Crippen molar-refractivity contribution in [2.45, 2.75) is 0 Å². The van der Waals surface area contributed by atoms with Crippen molar-refractivity contribution >= 4 is 91.3 Å². The summed E-state index contributed by atoms with van der Waals surface area (Å²) in [6, 6.07) is 9.80. The van der Waals surface area contributed by atoms with Crippen LogP contribution in [0.15, 0.2) is 48.8 Å². The normalized spacial score (nSPS) is 10.2. The van der Waals surface area contributed by atoms with Gasteiger partial charge < -0.3 is 10.2 Å². The Hall–Kier alpha value is -1.21. The predicted molar refractivity (Wildman–Crippen MR) is 108 cm³/mol. The van der Waals surface area contributed by atoms with Crippen LogP contribution >= 0.6 is 46.4 Å². The van der Waals surface area contributed by atoms with E-state index in [0.29, 0.717) is 31.9 Å². The van der Waals surface area contributed by atoms with Gasteiger partial charge in [0.25, 0.3) is 0 Å². The Balaban J connectivity index is 0.000000187. The van der Waals surface area contributed by atoms with E-state index in [4.69, 9.17) is 46.4 Å². The second-order valence-corrected chi connectivity index (χ2v) is 6.77. The van der Waals surface area contributed by atoms with Gasteiger partial charge in [-0.1, -0.05) is 57.9 Å². The zero-order valence-corrected chi connectivity index (χ0v) is 18.0. The second-order valence-electron chi connectivity index (χ2n) is 5.14. The molecule has 2 heterocycles. The largest absolute Gasteiger partial charge is 2.00 e. The molecule has 4 nitrogen and oxygen atoms in total. The molecule has 27 heavy (non-hydrogen) atoms. The van der Waals surface area contributed by atoms with Gasteiger partial charge in [0.1, 0.15) is 0 Å². The third-order valence-electron chi connectivity index (χ3n) is 3.50. The molecule has 0 fully saturated rings. The molecule has 0 saturated carbocycles. The van der Waals surface area contributed by atoms with Crippen LogP contribution in [0.3, 0.4) is 0 Å². The number of benzene rings is 2. The number of halogens is 4. The van der Waals surface area contributed by atoms with Crippen LogP contribution in [-0.4, -0.2) is 33.0 Å². The van der Waals surface area contributed by atoms with Crippen LogP contribution in [-0.2, 0) is 0 Å². The minimum Gasteiger partial charge on any atom is -0.870 e. The molecule has 9 heteroatoms. The first-order valence-electron chi connectivity index (χ1n) is 7.19. The van der Waals surface area contributed by atoms with E-state index in [9.17, 15) is 10.2 Å². The van der Waals surface area contributed by atoms with E-state index in [0.717, 1.165) is 0 Å². The van der Waals surface area contributed by atoms with E-state index in [1.54, 1.807) is 24.3 Å². The summed E-state index contributed by atoms with van der Waals surface area (Å²) >= 11 is 23.1. The number of pyridine rings is 2. The number of rotatable bonds is 0. The molecule has 0 aliphatic carbocycles. The Bertz CT molecular complexity index is 1040. The monoisotopic (exact) mass is 448 g/mol. The van der Waals surface area contributed by atoms with Crippen LogP contribution < -0.4 is 10.2 Å². The summed E-state index contributed by atoms with van der Waals surface area (Å²) in [7, 11) is 0. The number of hydrogen-bond donors (Lipinski definition) is 0. The third kappa shape index (κ3) is 4.62. The van der Waals surface area contributed by atoms with Gasteiger partial charge in [-0.15, -0.1) is 0 Å². The zero-order chi connectivity index (χ0) is 18.8. The molecular formula is C18H8Cl4MgN2O2. The summed E-state index contributed by atoms with van der Waals surface area (Å²) in [6.07, 6.45) is 3.08. The Labute approximate surface area is 190 Å². The molecule has 0 bridgehead atoms. The molecule has 0 aliphatic rings. The summed E-state index contributed by atoms with van der Waals surface area (Å²) in [5.41, 5.74) is 0.639. The first-order valence-corrected chi connectivity index (χ1v) is 8.71. The maximum atomic E-state index is 11.4. The fourth-order valence-electron chi connectivity index (χ4n) is 2.29. The molecular weight excluding hydrogens is 442 g/mol. The van der Waals surface area contributed by atoms with Crippen molar-refractivity contribution in [2.75, 3.05) is 0 Å². The van der Waals surface area contributed by atoms with Gasteiger partial charge in [-0.25, -0.2) is 0 Å². The third-order valence-corrected chi connectivity index (χ3v) is 4.69. The van der Waals surface area contributed by atoms with Crippen molar-refractivity contribution in [3.63, 3.8) is 0 Å². The Morgan fingerprint density at radius 3 is 1.37 bits per heavy atom. The van der Waals surface area contributed by atoms with Crippen LogP contribution in [0.4, 0.5) is 0 Å². The molecule has 0 amide bonds. The maximum Gasteiger partial charge on any atom is 2.00 e. The summed E-state index contributed by atoms with van der Waals surface area (Å²) in [5, 5.41) is 25.2. The summed E-state index contributed by atoms with van der Waals surface area (Å²) in [5.74, 6) is -0.552. The molecule has 0 saturated heterocycles. The molecule has 4 aromatic rings. The fourth-order valence-corrected chi connectivity index (χ4v) is 3.33. The molecule has 0 radical (unpaired) electrons. The Kier molecular flexibility index (Phi) is 7.62. The molecule has 0 unspecified atom stereocenters. The molecule has 2 aromatic heterocycles. The first kappa shape index (κ1) is 22.1. The van der Waals surface area contributed by atoms with Crippen molar-refractivity contribution in [3.05, 3.63) is 68.9 Å². The van der Waals surface area contributed by atoms with E-state index < -0.39 is 0 Å². The van der Waals surface area contributed by atoms with E-state index in [2.05, 4.69) is 9.97 Å². The van der Waals surface area contributed by atoms with E-state index in [-0.39, 0.29) is 44.6 Å². The van der Waals surface area contributed by atoms with Crippen LogP contribution in [0.5, 0.6) is 11.5 Å². The zero-order valence-electron chi connectivity index (χ0n) is 13.5. The first-order chi connectivity index (χ1) is 12.4. The van der Waals surface area contributed by atoms with Gasteiger partial charge in [-0.2, -0.15) is 0 Å². The average molecular weight is 450 g/mol. The standard InChI is InChI=1S/2C9H5Cl2NO.Mg/c2*10-6-4-7(11)9(13)8-5(6)2-1-3-12-8;/h2*1-4,13H;/q;;+2/p-2. The topological polar surface area (TPSA) is 71.9 Å². The van der Waals surface area contributed by atoms with Crippen molar-refractivity contribution in [1.82, 2.24) is 9.97 Å². The van der Waals surface area contributed by atoms with E-state index in [1.165, 1.54) is 24.5 Å². The van der Waals surface area contributed by atoms with Crippen LogP contribution in [0.2, 0.25) is 20.1 Å². The van der Waals surface area contributed by atoms with Crippen molar-refractivity contribution < 1.29 is 10.2 Å². The Morgan fingerprint density at radius 2 is 1.00 bits per heavy atom. The fraction of sp³-hybridized carbons (Fsp3) is 0. The number of fused-ring (bicyclic) bond motifs is 2. The maximum absolute atomic E-state index is 11.4. The van der Waals surface area contributed by atoms with E-state index in [1.807, 2.05) is 0 Å². The molecule has 0 N–H and O–H groups in total. The van der Waals surface area contributed by atoms with Crippen LogP contribution in [0, 0.1) is 0 Å². The minimum absolute atomic E-state index is 0. The predicted octanol–water partition coefficient (Wildman–Crippen LogP) is 4.85. The molecule has 0 atom stereocenters. The smallest absolute Gasteiger partial charge is 0.870 e. The van der Waals surface area contributed by atoms with Crippen molar-refractivity contribution in [3.8, 4) is 11.5 Å². The van der Waals surface area contributed by atoms with E-state index >= 15 is 0 Å². The SMILES string of the molecule is [Mg+2].[O-]c1c(Cl)cc(Cl)c2cccnc12.[O-]c1c(Cl)cc(Cl)c2cccnc12. The van der Waals surface area contributed by atoms with Gasteiger partial charge in [0, 0.05) is 33.2 Å². The summed E-state index contributed by atoms with van der Waals surface area (Å²) in [6.45, 7) is 0. The van der Waals surface area contributed by atoms with Crippen molar-refractivity contribution in [1.29, 1.82) is 0 Å². The molecule has 2 aromatic carbocycles. The summed E-state index contributed by atoms with van der Waals surface area (Å²) < 4.78 is 0. The van der Waals surface area contributed by atoms with Crippen LogP contribution in [0.25, 0.3) is 21.8 Å². The Morgan fingerprint density at radius 1 is 0.630 bits per heavy atom. The number of nitrogens with zero attached hydrogens (tertiary/aromatic N) is 2. The molecule has 4 rings (SSSR count). The van der Waals surface area contributed by atoms with Gasteiger partial charge in [-0.05, 0) is 36.4 Å². The van der Waals surface area contributed by atoms with Crippen molar-refractivity contribution in [2.24, 2.45) is 0 Å². The molecule has 0 aliphatic heterocycles. The molecule has 132 valence electrons. The average Bonchev–Trinajstić information content (AvgIpc) is 2.65. The quantitative estimate of drug-likeness (QED) is 0.359. The second kappa shape index (κ2) is 9.32. The molecule has 0 spiro atoms. The van der Waals surface area contributed by atoms with Gasteiger partial charge >= 0.3 is 23.1 Å². The van der Waals surface area contributed by atoms with Gasteiger partial charge in [0.15, 0.2) is 0 Å². The van der Waals surface area contributed by atoms with Crippen LogP contribution in [0.1, 0.15) is 0 Å². The van der Waals surface area contributed by atoms with Gasteiger partial charge in [-0.3, -0.25) is 9.97 Å². The van der Waals surface area contributed by atoms with Gasteiger partial charge in [0.05, 0.1) is 21.1 Å². The summed E-state index contributed by atoms with van der Waals surface area (Å²) in [4.78, 5) is 7.84. The minimum atomic E-state index is -0.276. The number of aromatic nitrogens is 2. The van der Waals surface area contributed by atoms with Gasteiger partial charge in [0.2, 0.25) is 0 Å². The number of hydrogen-bond acceptors (Lipinski definition) is 4.